The first-order valence-corrected chi connectivity index (χ1v) is 6.19. The van der Waals surface area contributed by atoms with Gasteiger partial charge in [-0.2, -0.15) is 10.2 Å². The fraction of sp³-hybridized carbons (Fsp3) is 0.214. The molecule has 1 heterocycles. The number of H-pyrrole nitrogens is 1. The zero-order valence-corrected chi connectivity index (χ0v) is 11.7. The van der Waals surface area contributed by atoms with Gasteiger partial charge in [0.15, 0.2) is 5.69 Å². The smallest absolute Gasteiger partial charge is 0.291 e. The average molecular weight is 271 g/mol. The third kappa shape index (κ3) is 3.44. The molecule has 2 aromatic rings. The minimum atomic E-state index is -0.337. The molecule has 1 amide bonds. The van der Waals surface area contributed by atoms with E-state index < -0.39 is 0 Å². The average Bonchev–Trinajstić information content (AvgIpc) is 2.86. The first kappa shape index (κ1) is 13.8. The van der Waals surface area contributed by atoms with Crippen molar-refractivity contribution < 1.29 is 4.79 Å². The summed E-state index contributed by atoms with van der Waals surface area (Å²) in [6, 6.07) is 9.50. The minimum Gasteiger partial charge on any atom is -0.378 e. The Morgan fingerprint density at radius 3 is 2.60 bits per heavy atom. The maximum atomic E-state index is 11.7. The number of rotatable bonds is 4. The summed E-state index contributed by atoms with van der Waals surface area (Å²) in [5.74, 6) is -0.337. The zero-order chi connectivity index (χ0) is 14.5. The van der Waals surface area contributed by atoms with E-state index in [0.29, 0.717) is 5.69 Å². The molecule has 2 N–H and O–H groups in total. The summed E-state index contributed by atoms with van der Waals surface area (Å²) in [6.07, 6.45) is 1.59. The van der Waals surface area contributed by atoms with Crippen molar-refractivity contribution in [1.29, 1.82) is 0 Å². The van der Waals surface area contributed by atoms with E-state index in [9.17, 15) is 4.79 Å². The number of aromatic amines is 1. The third-order valence-electron chi connectivity index (χ3n) is 2.73. The molecule has 0 saturated carbocycles. The fourth-order valence-electron chi connectivity index (χ4n) is 1.62. The van der Waals surface area contributed by atoms with Crippen molar-refractivity contribution in [3.05, 3.63) is 47.3 Å². The van der Waals surface area contributed by atoms with Gasteiger partial charge >= 0.3 is 0 Å². The molecule has 0 radical (unpaired) electrons. The number of hydrazone groups is 1. The van der Waals surface area contributed by atoms with Crippen LogP contribution in [0.15, 0.2) is 35.4 Å². The maximum Gasteiger partial charge on any atom is 0.291 e. The van der Waals surface area contributed by atoms with Crippen molar-refractivity contribution in [2.75, 3.05) is 19.0 Å². The highest BCUT2D eigenvalue weighted by atomic mass is 16.2. The van der Waals surface area contributed by atoms with Crippen LogP contribution in [0.4, 0.5) is 5.69 Å². The van der Waals surface area contributed by atoms with E-state index in [2.05, 4.69) is 20.7 Å². The number of amides is 1. The second-order valence-corrected chi connectivity index (χ2v) is 4.62. The second-order valence-electron chi connectivity index (χ2n) is 4.62. The topological polar surface area (TPSA) is 73.4 Å². The summed E-state index contributed by atoms with van der Waals surface area (Å²) >= 11 is 0. The van der Waals surface area contributed by atoms with Crippen LogP contribution in [0, 0.1) is 6.92 Å². The molecule has 20 heavy (non-hydrogen) atoms. The van der Waals surface area contributed by atoms with Gasteiger partial charge in [0.2, 0.25) is 0 Å². The molecule has 6 nitrogen and oxygen atoms in total. The lowest BCUT2D eigenvalue weighted by molar-refractivity contribution is 0.0950. The summed E-state index contributed by atoms with van der Waals surface area (Å²) in [5, 5.41) is 10.5. The van der Waals surface area contributed by atoms with Crippen molar-refractivity contribution in [2.45, 2.75) is 6.92 Å². The van der Waals surface area contributed by atoms with Crippen LogP contribution in [0.2, 0.25) is 0 Å². The Morgan fingerprint density at radius 1 is 1.35 bits per heavy atom. The van der Waals surface area contributed by atoms with Gasteiger partial charge in [-0.3, -0.25) is 9.89 Å². The van der Waals surface area contributed by atoms with Crippen molar-refractivity contribution >= 4 is 17.8 Å². The van der Waals surface area contributed by atoms with Crippen molar-refractivity contribution in [2.24, 2.45) is 5.10 Å². The number of carbonyl (C=O) groups is 1. The maximum absolute atomic E-state index is 11.7. The lowest BCUT2D eigenvalue weighted by atomic mass is 10.2. The Bertz CT molecular complexity index is 613. The van der Waals surface area contributed by atoms with E-state index in [0.717, 1.165) is 16.9 Å². The van der Waals surface area contributed by atoms with E-state index in [1.54, 1.807) is 12.3 Å². The van der Waals surface area contributed by atoms with Crippen LogP contribution in [0.3, 0.4) is 0 Å². The minimum absolute atomic E-state index is 0.322. The molecule has 0 spiro atoms. The standard InChI is InChI=1S/C14H17N5O/c1-10-8-13(17-16-10)14(20)18-15-9-11-4-6-12(7-5-11)19(2)3/h4-9H,1-3H3,(H,16,17)(H,18,20). The quantitative estimate of drug-likeness (QED) is 0.654. The van der Waals surface area contributed by atoms with E-state index >= 15 is 0 Å². The van der Waals surface area contributed by atoms with Gasteiger partial charge in [-0.25, -0.2) is 5.43 Å². The van der Waals surface area contributed by atoms with Gasteiger partial charge in [-0.05, 0) is 30.7 Å². The SMILES string of the molecule is Cc1cc(C(=O)NN=Cc2ccc(N(C)C)cc2)n[nH]1. The summed E-state index contributed by atoms with van der Waals surface area (Å²) in [6.45, 7) is 1.83. The molecule has 2 rings (SSSR count). The molecular weight excluding hydrogens is 254 g/mol. The molecule has 1 aromatic heterocycles. The first-order chi connectivity index (χ1) is 9.56. The van der Waals surface area contributed by atoms with Gasteiger partial charge in [-0.1, -0.05) is 12.1 Å². The predicted molar refractivity (Wildman–Crippen MR) is 79.2 cm³/mol. The molecule has 0 aliphatic rings. The van der Waals surface area contributed by atoms with Gasteiger partial charge in [0.05, 0.1) is 6.21 Å². The van der Waals surface area contributed by atoms with Crippen LogP contribution in [-0.2, 0) is 0 Å². The molecule has 0 bridgehead atoms. The van der Waals surface area contributed by atoms with Gasteiger partial charge < -0.3 is 4.90 Å². The molecule has 0 atom stereocenters. The van der Waals surface area contributed by atoms with Gasteiger partial charge in [0, 0.05) is 25.5 Å². The van der Waals surface area contributed by atoms with E-state index in [4.69, 9.17) is 0 Å². The number of carbonyl (C=O) groups excluding carboxylic acids is 1. The van der Waals surface area contributed by atoms with E-state index in [-0.39, 0.29) is 5.91 Å². The zero-order valence-electron chi connectivity index (χ0n) is 11.7. The highest BCUT2D eigenvalue weighted by Crippen LogP contribution is 2.10. The van der Waals surface area contributed by atoms with Crippen LogP contribution in [-0.4, -0.2) is 36.4 Å². The molecule has 6 heteroatoms. The summed E-state index contributed by atoms with van der Waals surface area (Å²) in [7, 11) is 3.96. The Kier molecular flexibility index (Phi) is 4.14. The van der Waals surface area contributed by atoms with Crippen LogP contribution in [0.25, 0.3) is 0 Å². The monoisotopic (exact) mass is 271 g/mol. The van der Waals surface area contributed by atoms with Crippen LogP contribution in [0.5, 0.6) is 0 Å². The molecule has 1 aromatic carbocycles. The number of benzene rings is 1. The number of anilines is 1. The van der Waals surface area contributed by atoms with Gasteiger partial charge in [0.25, 0.3) is 5.91 Å². The lowest BCUT2D eigenvalue weighted by Gasteiger charge is -2.11. The molecule has 0 aliphatic heterocycles. The van der Waals surface area contributed by atoms with Crippen molar-refractivity contribution in [3.8, 4) is 0 Å². The molecule has 0 unspecified atom stereocenters. The van der Waals surface area contributed by atoms with Crippen LogP contribution >= 0.6 is 0 Å². The number of aromatic nitrogens is 2. The normalized spacial score (nSPS) is 10.8. The Labute approximate surface area is 117 Å². The summed E-state index contributed by atoms with van der Waals surface area (Å²) in [5.41, 5.74) is 5.61. The van der Waals surface area contributed by atoms with Crippen LogP contribution < -0.4 is 10.3 Å². The molecule has 104 valence electrons. The Balaban J connectivity index is 1.94. The van der Waals surface area contributed by atoms with E-state index in [1.165, 1.54) is 0 Å². The number of aryl methyl sites for hydroxylation is 1. The largest absolute Gasteiger partial charge is 0.378 e. The molecular formula is C14H17N5O. The first-order valence-electron chi connectivity index (χ1n) is 6.19. The third-order valence-corrected chi connectivity index (χ3v) is 2.73. The Morgan fingerprint density at radius 2 is 2.05 bits per heavy atom. The Hall–Kier alpha value is -2.63. The molecule has 0 fully saturated rings. The lowest BCUT2D eigenvalue weighted by Crippen LogP contribution is -2.18. The predicted octanol–water partition coefficient (Wildman–Crippen LogP) is 1.55. The highest BCUT2D eigenvalue weighted by Gasteiger charge is 2.07. The van der Waals surface area contributed by atoms with Gasteiger partial charge in [0.1, 0.15) is 0 Å². The van der Waals surface area contributed by atoms with Crippen LogP contribution in [0.1, 0.15) is 21.7 Å². The summed E-state index contributed by atoms with van der Waals surface area (Å²) < 4.78 is 0. The van der Waals surface area contributed by atoms with E-state index in [1.807, 2.05) is 50.2 Å². The highest BCUT2D eigenvalue weighted by molar-refractivity contribution is 5.93. The number of nitrogens with zero attached hydrogens (tertiary/aromatic N) is 3. The number of hydrogen-bond acceptors (Lipinski definition) is 4. The van der Waals surface area contributed by atoms with Crippen molar-refractivity contribution in [1.82, 2.24) is 15.6 Å². The molecule has 0 aliphatic carbocycles. The fourth-order valence-corrected chi connectivity index (χ4v) is 1.62. The van der Waals surface area contributed by atoms with Crippen molar-refractivity contribution in [3.63, 3.8) is 0 Å². The second kappa shape index (κ2) is 6.01. The molecule has 0 saturated heterocycles. The van der Waals surface area contributed by atoms with Gasteiger partial charge in [-0.15, -0.1) is 0 Å². The summed E-state index contributed by atoms with van der Waals surface area (Å²) in [4.78, 5) is 13.7. The number of hydrogen-bond donors (Lipinski definition) is 2. The number of nitrogens with one attached hydrogen (secondary N) is 2.